The second kappa shape index (κ2) is 6.13. The highest BCUT2D eigenvalue weighted by atomic mass is 35.5. The quantitative estimate of drug-likeness (QED) is 0.848. The standard InChI is InChI=1S/C14H17ClN2O3/c1-9(2)12-13(18)17(14(19)16-12)6-7-20-11-5-3-4-10(15)8-11/h3-5,8-9,12H,6-7H2,1-2H3,(H,16,19)/t12-/m0/s1. The van der Waals surface area contributed by atoms with Gasteiger partial charge in [0.1, 0.15) is 18.4 Å². The summed E-state index contributed by atoms with van der Waals surface area (Å²) in [4.78, 5) is 24.9. The van der Waals surface area contributed by atoms with Crippen molar-refractivity contribution in [2.75, 3.05) is 13.2 Å². The SMILES string of the molecule is CC(C)[C@@H]1NC(=O)N(CCOc2cccc(Cl)c2)C1=O. The molecule has 1 aliphatic heterocycles. The van der Waals surface area contributed by atoms with Gasteiger partial charge in [0.05, 0.1) is 6.54 Å². The normalized spacial score (nSPS) is 18.6. The van der Waals surface area contributed by atoms with Gasteiger partial charge in [0, 0.05) is 5.02 Å². The van der Waals surface area contributed by atoms with Crippen LogP contribution in [0.1, 0.15) is 13.8 Å². The van der Waals surface area contributed by atoms with Crippen LogP contribution in [-0.4, -0.2) is 36.0 Å². The third kappa shape index (κ3) is 3.22. The first kappa shape index (κ1) is 14.7. The van der Waals surface area contributed by atoms with Crippen molar-refractivity contribution < 1.29 is 14.3 Å². The number of halogens is 1. The Kier molecular flexibility index (Phi) is 4.49. The molecule has 0 aliphatic carbocycles. The highest BCUT2D eigenvalue weighted by Crippen LogP contribution is 2.17. The van der Waals surface area contributed by atoms with E-state index in [4.69, 9.17) is 16.3 Å². The lowest BCUT2D eigenvalue weighted by Crippen LogP contribution is -2.36. The van der Waals surface area contributed by atoms with E-state index in [1.54, 1.807) is 24.3 Å². The number of imide groups is 1. The van der Waals surface area contributed by atoms with Gasteiger partial charge in [0.15, 0.2) is 0 Å². The molecule has 0 bridgehead atoms. The van der Waals surface area contributed by atoms with E-state index in [0.717, 1.165) is 0 Å². The molecule has 20 heavy (non-hydrogen) atoms. The first-order valence-corrected chi connectivity index (χ1v) is 6.87. The molecule has 6 heteroatoms. The molecule has 1 aromatic carbocycles. The van der Waals surface area contributed by atoms with Gasteiger partial charge in [-0.2, -0.15) is 0 Å². The van der Waals surface area contributed by atoms with Gasteiger partial charge in [-0.3, -0.25) is 9.69 Å². The summed E-state index contributed by atoms with van der Waals surface area (Å²) in [5.41, 5.74) is 0. The highest BCUT2D eigenvalue weighted by molar-refractivity contribution is 6.30. The molecular formula is C14H17ClN2O3. The Labute approximate surface area is 122 Å². The van der Waals surface area contributed by atoms with E-state index in [9.17, 15) is 9.59 Å². The summed E-state index contributed by atoms with van der Waals surface area (Å²) in [6, 6.07) is 6.19. The zero-order valence-corrected chi connectivity index (χ0v) is 12.2. The van der Waals surface area contributed by atoms with E-state index in [0.29, 0.717) is 10.8 Å². The minimum absolute atomic E-state index is 0.0744. The smallest absolute Gasteiger partial charge is 0.324 e. The Hall–Kier alpha value is -1.75. The second-order valence-corrected chi connectivity index (χ2v) is 5.40. The van der Waals surface area contributed by atoms with Crippen LogP contribution in [0, 0.1) is 5.92 Å². The molecule has 5 nitrogen and oxygen atoms in total. The van der Waals surface area contributed by atoms with Gasteiger partial charge >= 0.3 is 6.03 Å². The number of benzene rings is 1. The maximum absolute atomic E-state index is 12.0. The molecule has 1 saturated heterocycles. The maximum atomic E-state index is 12.0. The summed E-state index contributed by atoms with van der Waals surface area (Å²) in [5.74, 6) is 0.495. The molecule has 0 aromatic heterocycles. The molecular weight excluding hydrogens is 280 g/mol. The number of carbonyl (C=O) groups is 2. The first-order chi connectivity index (χ1) is 9.49. The Morgan fingerprint density at radius 3 is 2.75 bits per heavy atom. The van der Waals surface area contributed by atoms with Gasteiger partial charge < -0.3 is 10.1 Å². The molecule has 0 radical (unpaired) electrons. The summed E-state index contributed by atoms with van der Waals surface area (Å²) in [6.07, 6.45) is 0. The molecule has 0 saturated carbocycles. The predicted octanol–water partition coefficient (Wildman–Crippen LogP) is 2.30. The van der Waals surface area contributed by atoms with Crippen LogP contribution >= 0.6 is 11.6 Å². The van der Waals surface area contributed by atoms with Gasteiger partial charge in [0.25, 0.3) is 5.91 Å². The van der Waals surface area contributed by atoms with E-state index >= 15 is 0 Å². The largest absolute Gasteiger partial charge is 0.492 e. The Bertz CT molecular complexity index is 519. The minimum Gasteiger partial charge on any atom is -0.492 e. The Morgan fingerprint density at radius 2 is 2.15 bits per heavy atom. The number of hydrogen-bond acceptors (Lipinski definition) is 3. The van der Waals surface area contributed by atoms with Gasteiger partial charge in [-0.25, -0.2) is 4.79 Å². The predicted molar refractivity (Wildman–Crippen MR) is 75.8 cm³/mol. The Morgan fingerprint density at radius 1 is 1.40 bits per heavy atom. The van der Waals surface area contributed by atoms with Crippen molar-refractivity contribution in [1.29, 1.82) is 0 Å². The van der Waals surface area contributed by atoms with Gasteiger partial charge in [-0.15, -0.1) is 0 Å². The number of carbonyl (C=O) groups excluding carboxylic acids is 2. The Balaban J connectivity index is 1.88. The number of amides is 3. The van der Waals surface area contributed by atoms with Crippen LogP contribution in [0.5, 0.6) is 5.75 Å². The number of rotatable bonds is 5. The molecule has 1 aromatic rings. The average Bonchev–Trinajstić information content (AvgIpc) is 2.67. The summed E-state index contributed by atoms with van der Waals surface area (Å²) in [7, 11) is 0. The van der Waals surface area contributed by atoms with Crippen LogP contribution < -0.4 is 10.1 Å². The fraction of sp³-hybridized carbons (Fsp3) is 0.429. The van der Waals surface area contributed by atoms with Crippen molar-refractivity contribution in [3.05, 3.63) is 29.3 Å². The average molecular weight is 297 g/mol. The molecule has 108 valence electrons. The fourth-order valence-electron chi connectivity index (χ4n) is 2.02. The number of hydrogen-bond donors (Lipinski definition) is 1. The van der Waals surface area contributed by atoms with E-state index < -0.39 is 6.04 Å². The zero-order chi connectivity index (χ0) is 14.7. The van der Waals surface area contributed by atoms with Crippen LogP contribution in [0.2, 0.25) is 5.02 Å². The van der Waals surface area contributed by atoms with E-state index in [1.807, 2.05) is 13.8 Å². The van der Waals surface area contributed by atoms with Crippen LogP contribution in [0.15, 0.2) is 24.3 Å². The summed E-state index contributed by atoms with van der Waals surface area (Å²) in [6.45, 7) is 4.26. The molecule has 0 unspecified atom stereocenters. The van der Waals surface area contributed by atoms with E-state index in [-0.39, 0.29) is 31.0 Å². The fourth-order valence-corrected chi connectivity index (χ4v) is 2.20. The van der Waals surface area contributed by atoms with Crippen molar-refractivity contribution in [2.24, 2.45) is 5.92 Å². The molecule has 3 amide bonds. The number of nitrogens with one attached hydrogen (secondary N) is 1. The molecule has 0 spiro atoms. The zero-order valence-electron chi connectivity index (χ0n) is 11.4. The van der Waals surface area contributed by atoms with Crippen LogP contribution in [0.4, 0.5) is 4.79 Å². The van der Waals surface area contributed by atoms with Crippen LogP contribution in [0.25, 0.3) is 0 Å². The van der Waals surface area contributed by atoms with Crippen molar-refractivity contribution >= 4 is 23.5 Å². The number of nitrogens with zero attached hydrogens (tertiary/aromatic N) is 1. The number of ether oxygens (including phenoxy) is 1. The van der Waals surface area contributed by atoms with Crippen molar-refractivity contribution in [3.63, 3.8) is 0 Å². The monoisotopic (exact) mass is 296 g/mol. The van der Waals surface area contributed by atoms with Crippen molar-refractivity contribution in [3.8, 4) is 5.75 Å². The molecule has 1 atom stereocenters. The lowest BCUT2D eigenvalue weighted by molar-refractivity contribution is -0.128. The molecule has 1 N–H and O–H groups in total. The topological polar surface area (TPSA) is 58.6 Å². The molecule has 1 aliphatic rings. The third-order valence-corrected chi connectivity index (χ3v) is 3.34. The summed E-state index contributed by atoms with van der Waals surface area (Å²) < 4.78 is 5.48. The van der Waals surface area contributed by atoms with Gasteiger partial charge in [0.2, 0.25) is 0 Å². The summed E-state index contributed by atoms with van der Waals surface area (Å²) in [5, 5.41) is 3.25. The second-order valence-electron chi connectivity index (χ2n) is 4.97. The van der Waals surface area contributed by atoms with Crippen molar-refractivity contribution in [2.45, 2.75) is 19.9 Å². The lowest BCUT2D eigenvalue weighted by atomic mass is 10.1. The highest BCUT2D eigenvalue weighted by Gasteiger charge is 2.39. The number of urea groups is 1. The minimum atomic E-state index is -0.436. The lowest BCUT2D eigenvalue weighted by Gasteiger charge is -2.15. The van der Waals surface area contributed by atoms with E-state index in [2.05, 4.69) is 5.32 Å². The third-order valence-electron chi connectivity index (χ3n) is 3.10. The molecule has 1 fully saturated rings. The van der Waals surface area contributed by atoms with Gasteiger partial charge in [-0.1, -0.05) is 31.5 Å². The van der Waals surface area contributed by atoms with Crippen LogP contribution in [-0.2, 0) is 4.79 Å². The molecule has 2 rings (SSSR count). The maximum Gasteiger partial charge on any atom is 0.324 e. The van der Waals surface area contributed by atoms with E-state index in [1.165, 1.54) is 4.90 Å². The van der Waals surface area contributed by atoms with Crippen molar-refractivity contribution in [1.82, 2.24) is 10.2 Å². The van der Waals surface area contributed by atoms with Crippen LogP contribution in [0.3, 0.4) is 0 Å². The molecule has 1 heterocycles. The first-order valence-electron chi connectivity index (χ1n) is 6.49. The summed E-state index contributed by atoms with van der Waals surface area (Å²) >= 11 is 5.84. The van der Waals surface area contributed by atoms with Gasteiger partial charge in [-0.05, 0) is 24.1 Å².